The summed E-state index contributed by atoms with van der Waals surface area (Å²) >= 11 is 0. The monoisotopic (exact) mass is 220 g/mol. The molecule has 0 aliphatic carbocycles. The zero-order valence-corrected chi connectivity index (χ0v) is 9.78. The third-order valence-corrected chi connectivity index (χ3v) is 2.86. The fourth-order valence-corrected chi connectivity index (χ4v) is 1.84. The Hall–Kier alpha value is -0.900. The van der Waals surface area contributed by atoms with Crippen LogP contribution in [-0.2, 0) is 11.3 Å². The minimum absolute atomic E-state index is 0.444. The fourth-order valence-electron chi connectivity index (χ4n) is 1.84. The number of piperazine rings is 1. The summed E-state index contributed by atoms with van der Waals surface area (Å²) in [6, 6.07) is 11.3. The summed E-state index contributed by atoms with van der Waals surface area (Å²) in [6.07, 6.45) is 0. The number of benzene rings is 1. The highest BCUT2D eigenvalue weighted by atomic mass is 16.5. The average Bonchev–Trinajstić information content (AvgIpc) is 2.33. The molecule has 2 N–H and O–H groups in total. The minimum Gasteiger partial charge on any atom is -0.375 e. The molecule has 1 aliphatic rings. The molecule has 16 heavy (non-hydrogen) atoms. The maximum Gasteiger partial charge on any atom is 0.0717 e. The highest BCUT2D eigenvalue weighted by Gasteiger charge is 2.16. The van der Waals surface area contributed by atoms with Gasteiger partial charge in [0.05, 0.1) is 13.2 Å². The van der Waals surface area contributed by atoms with E-state index in [4.69, 9.17) is 4.74 Å². The molecule has 0 amide bonds. The molecule has 88 valence electrons. The van der Waals surface area contributed by atoms with Crippen molar-refractivity contribution < 1.29 is 4.74 Å². The normalized spacial score (nSPS) is 25.6. The lowest BCUT2D eigenvalue weighted by atomic mass is 10.2. The number of hydrogen-bond donors (Lipinski definition) is 2. The first-order valence-corrected chi connectivity index (χ1v) is 5.93. The molecule has 0 aromatic heterocycles. The van der Waals surface area contributed by atoms with E-state index < -0.39 is 0 Å². The number of ether oxygens (including phenoxy) is 1. The largest absolute Gasteiger partial charge is 0.375 e. The predicted octanol–water partition coefficient (Wildman–Crippen LogP) is 1.15. The van der Waals surface area contributed by atoms with E-state index in [-0.39, 0.29) is 0 Å². The van der Waals surface area contributed by atoms with E-state index >= 15 is 0 Å². The van der Waals surface area contributed by atoms with Crippen molar-refractivity contribution in [1.29, 1.82) is 0 Å². The van der Waals surface area contributed by atoms with Gasteiger partial charge in [0, 0.05) is 25.2 Å². The predicted molar refractivity (Wildman–Crippen MR) is 65.4 cm³/mol. The van der Waals surface area contributed by atoms with E-state index in [1.54, 1.807) is 0 Å². The van der Waals surface area contributed by atoms with Crippen molar-refractivity contribution in [3.63, 3.8) is 0 Å². The Morgan fingerprint density at radius 3 is 2.69 bits per heavy atom. The zero-order valence-electron chi connectivity index (χ0n) is 9.78. The topological polar surface area (TPSA) is 33.3 Å². The van der Waals surface area contributed by atoms with Crippen molar-refractivity contribution in [2.75, 3.05) is 19.7 Å². The Morgan fingerprint density at radius 2 is 2.00 bits per heavy atom. The van der Waals surface area contributed by atoms with Gasteiger partial charge in [-0.2, -0.15) is 0 Å². The van der Waals surface area contributed by atoms with Crippen LogP contribution in [0.1, 0.15) is 12.5 Å². The molecule has 0 unspecified atom stereocenters. The third-order valence-electron chi connectivity index (χ3n) is 2.86. The van der Waals surface area contributed by atoms with Gasteiger partial charge < -0.3 is 15.4 Å². The van der Waals surface area contributed by atoms with E-state index in [1.165, 1.54) is 5.56 Å². The van der Waals surface area contributed by atoms with Gasteiger partial charge in [-0.25, -0.2) is 0 Å². The second-order valence-electron chi connectivity index (χ2n) is 4.42. The van der Waals surface area contributed by atoms with Gasteiger partial charge in [0.25, 0.3) is 0 Å². The number of rotatable bonds is 4. The van der Waals surface area contributed by atoms with Crippen LogP contribution in [0.15, 0.2) is 30.3 Å². The highest BCUT2D eigenvalue weighted by molar-refractivity contribution is 5.13. The van der Waals surface area contributed by atoms with Gasteiger partial charge in [0.1, 0.15) is 0 Å². The van der Waals surface area contributed by atoms with Gasteiger partial charge in [-0.05, 0) is 12.5 Å². The first kappa shape index (κ1) is 11.6. The van der Waals surface area contributed by atoms with Crippen LogP contribution in [0.3, 0.4) is 0 Å². The minimum atomic E-state index is 0.444. The van der Waals surface area contributed by atoms with Crippen LogP contribution in [0, 0.1) is 0 Å². The van der Waals surface area contributed by atoms with Crippen molar-refractivity contribution in [2.45, 2.75) is 25.6 Å². The van der Waals surface area contributed by atoms with Crippen LogP contribution in [0.2, 0.25) is 0 Å². The number of nitrogens with one attached hydrogen (secondary N) is 2. The summed E-state index contributed by atoms with van der Waals surface area (Å²) in [5.41, 5.74) is 1.24. The Labute approximate surface area is 97.2 Å². The van der Waals surface area contributed by atoms with E-state index in [2.05, 4.69) is 29.7 Å². The molecule has 0 bridgehead atoms. The zero-order chi connectivity index (χ0) is 11.2. The molecule has 1 fully saturated rings. The van der Waals surface area contributed by atoms with Gasteiger partial charge in [-0.3, -0.25) is 0 Å². The van der Waals surface area contributed by atoms with Crippen LogP contribution >= 0.6 is 0 Å². The molecule has 1 aliphatic heterocycles. The van der Waals surface area contributed by atoms with Crippen molar-refractivity contribution in [2.24, 2.45) is 0 Å². The summed E-state index contributed by atoms with van der Waals surface area (Å²) in [6.45, 7) is 5.69. The molecule has 2 rings (SSSR count). The summed E-state index contributed by atoms with van der Waals surface area (Å²) in [7, 11) is 0. The molecule has 0 saturated carbocycles. The van der Waals surface area contributed by atoms with E-state index in [0.717, 1.165) is 19.7 Å². The van der Waals surface area contributed by atoms with Gasteiger partial charge in [-0.15, -0.1) is 0 Å². The van der Waals surface area contributed by atoms with E-state index in [9.17, 15) is 0 Å². The molecule has 1 heterocycles. The Bertz CT molecular complexity index is 294. The molecule has 0 radical (unpaired) electrons. The molecule has 1 aromatic carbocycles. The first-order valence-electron chi connectivity index (χ1n) is 5.93. The van der Waals surface area contributed by atoms with Gasteiger partial charge in [0.2, 0.25) is 0 Å². The molecular weight excluding hydrogens is 200 g/mol. The third kappa shape index (κ3) is 3.59. The van der Waals surface area contributed by atoms with Crippen molar-refractivity contribution in [1.82, 2.24) is 10.6 Å². The van der Waals surface area contributed by atoms with Crippen molar-refractivity contribution >= 4 is 0 Å². The van der Waals surface area contributed by atoms with E-state index in [1.807, 2.05) is 18.2 Å². The molecule has 1 aromatic rings. The quantitative estimate of drug-likeness (QED) is 0.798. The molecule has 3 heteroatoms. The first-order chi connectivity index (χ1) is 7.84. The van der Waals surface area contributed by atoms with Gasteiger partial charge >= 0.3 is 0 Å². The second kappa shape index (κ2) is 5.99. The van der Waals surface area contributed by atoms with E-state index in [0.29, 0.717) is 18.7 Å². The second-order valence-corrected chi connectivity index (χ2v) is 4.42. The van der Waals surface area contributed by atoms with Gasteiger partial charge in [0.15, 0.2) is 0 Å². The summed E-state index contributed by atoms with van der Waals surface area (Å²) < 4.78 is 5.69. The van der Waals surface area contributed by atoms with Crippen LogP contribution in [0.25, 0.3) is 0 Å². The van der Waals surface area contributed by atoms with Crippen LogP contribution in [-0.4, -0.2) is 31.8 Å². The SMILES string of the molecule is C[C@H]1CN[C@@H](COCc2ccccc2)CN1. The maximum atomic E-state index is 5.69. The van der Waals surface area contributed by atoms with Crippen LogP contribution in [0.5, 0.6) is 0 Å². The lowest BCUT2D eigenvalue weighted by Crippen LogP contribution is -2.54. The molecule has 2 atom stereocenters. The molecule has 0 spiro atoms. The summed E-state index contributed by atoms with van der Waals surface area (Å²) in [4.78, 5) is 0. The van der Waals surface area contributed by atoms with Crippen molar-refractivity contribution in [3.8, 4) is 0 Å². The summed E-state index contributed by atoms with van der Waals surface area (Å²) in [5, 5.41) is 6.91. The lowest BCUT2D eigenvalue weighted by Gasteiger charge is -2.28. The molecule has 3 nitrogen and oxygen atoms in total. The average molecular weight is 220 g/mol. The maximum absolute atomic E-state index is 5.69. The Morgan fingerprint density at radius 1 is 1.19 bits per heavy atom. The number of hydrogen-bond acceptors (Lipinski definition) is 3. The lowest BCUT2D eigenvalue weighted by molar-refractivity contribution is 0.0915. The Kier molecular flexibility index (Phi) is 4.34. The Balaban J connectivity index is 1.65. The standard InChI is InChI=1S/C13H20N2O/c1-11-7-15-13(8-14-11)10-16-9-12-5-3-2-4-6-12/h2-6,11,13-15H,7-10H2,1H3/t11-,13+/m0/s1. The van der Waals surface area contributed by atoms with Crippen LogP contribution in [0.4, 0.5) is 0 Å². The van der Waals surface area contributed by atoms with Gasteiger partial charge in [-0.1, -0.05) is 30.3 Å². The highest BCUT2D eigenvalue weighted by Crippen LogP contribution is 2.01. The van der Waals surface area contributed by atoms with Crippen LogP contribution < -0.4 is 10.6 Å². The molecular formula is C13H20N2O. The molecule has 1 saturated heterocycles. The summed E-state index contributed by atoms with van der Waals surface area (Å²) in [5.74, 6) is 0. The van der Waals surface area contributed by atoms with Crippen molar-refractivity contribution in [3.05, 3.63) is 35.9 Å². The smallest absolute Gasteiger partial charge is 0.0717 e. The fraction of sp³-hybridized carbons (Fsp3) is 0.538.